The second-order valence-electron chi connectivity index (χ2n) is 6.13. The number of amides is 2. The van der Waals surface area contributed by atoms with Crippen molar-refractivity contribution in [3.05, 3.63) is 42.7 Å². The van der Waals surface area contributed by atoms with Gasteiger partial charge in [0.15, 0.2) is 5.82 Å². The maximum Gasteiger partial charge on any atom is 0.321 e. The molecule has 0 spiro atoms. The highest BCUT2D eigenvalue weighted by Gasteiger charge is 2.42. The minimum atomic E-state index is -0.884. The Bertz CT molecular complexity index is 748. The number of aliphatic carboxylic acids is 1. The summed E-state index contributed by atoms with van der Waals surface area (Å²) in [5.74, 6) is -0.304. The molecule has 1 saturated heterocycles. The van der Waals surface area contributed by atoms with Crippen molar-refractivity contribution in [3.63, 3.8) is 0 Å². The van der Waals surface area contributed by atoms with Crippen LogP contribution in [-0.2, 0) is 4.79 Å². The van der Waals surface area contributed by atoms with Crippen LogP contribution >= 0.6 is 0 Å². The van der Waals surface area contributed by atoms with Crippen LogP contribution in [0.15, 0.2) is 42.7 Å². The zero-order valence-electron chi connectivity index (χ0n) is 13.3. The summed E-state index contributed by atoms with van der Waals surface area (Å²) < 4.78 is 0. The molecule has 1 aliphatic heterocycles. The van der Waals surface area contributed by atoms with E-state index in [-0.39, 0.29) is 12.6 Å². The van der Waals surface area contributed by atoms with Gasteiger partial charge in [0.05, 0.1) is 23.5 Å². The molecule has 0 aliphatic carbocycles. The Morgan fingerprint density at radius 3 is 2.46 bits per heavy atom. The highest BCUT2D eigenvalue weighted by atomic mass is 16.4. The van der Waals surface area contributed by atoms with E-state index < -0.39 is 11.4 Å². The quantitative estimate of drug-likeness (QED) is 0.903. The van der Waals surface area contributed by atoms with E-state index in [0.717, 1.165) is 5.56 Å². The third-order valence-electron chi connectivity index (χ3n) is 4.21. The Hall–Kier alpha value is -2.96. The zero-order chi connectivity index (χ0) is 17.2. The normalized spacial score (nSPS) is 20.0. The van der Waals surface area contributed by atoms with Crippen LogP contribution in [-0.4, -0.2) is 45.1 Å². The van der Waals surface area contributed by atoms with Gasteiger partial charge in [-0.3, -0.25) is 4.79 Å². The summed E-state index contributed by atoms with van der Waals surface area (Å²) in [6.45, 7) is 2.26. The molecule has 1 aromatic carbocycles. The predicted molar refractivity (Wildman–Crippen MR) is 88.4 cm³/mol. The zero-order valence-corrected chi connectivity index (χ0v) is 13.3. The first-order valence-corrected chi connectivity index (χ1v) is 7.65. The highest BCUT2D eigenvalue weighted by Crippen LogP contribution is 2.30. The summed E-state index contributed by atoms with van der Waals surface area (Å²) in [5.41, 5.74) is 0.487. The fourth-order valence-electron chi connectivity index (χ4n) is 2.64. The first kappa shape index (κ1) is 15.9. The molecular formula is C17H18N4O3. The SMILES string of the molecule is CC1(C(=O)O)CCN(C(=O)Nc2cnc(-c3ccccc3)nc2)C1. The van der Waals surface area contributed by atoms with Crippen molar-refractivity contribution in [3.8, 4) is 11.4 Å². The summed E-state index contributed by atoms with van der Waals surface area (Å²) in [6, 6.07) is 9.20. The van der Waals surface area contributed by atoms with Crippen molar-refractivity contribution in [1.29, 1.82) is 0 Å². The van der Waals surface area contributed by atoms with Gasteiger partial charge in [-0.05, 0) is 13.3 Å². The molecule has 1 unspecified atom stereocenters. The Morgan fingerprint density at radius 1 is 1.21 bits per heavy atom. The Kier molecular flexibility index (Phi) is 4.16. The monoisotopic (exact) mass is 326 g/mol. The number of nitrogens with zero attached hydrogens (tertiary/aromatic N) is 3. The van der Waals surface area contributed by atoms with Crippen molar-refractivity contribution in [2.24, 2.45) is 5.41 Å². The topological polar surface area (TPSA) is 95.4 Å². The molecule has 1 atom stereocenters. The number of urea groups is 1. The van der Waals surface area contributed by atoms with Crippen molar-refractivity contribution in [2.45, 2.75) is 13.3 Å². The van der Waals surface area contributed by atoms with Gasteiger partial charge >= 0.3 is 12.0 Å². The molecule has 124 valence electrons. The number of nitrogens with one attached hydrogen (secondary N) is 1. The number of anilines is 1. The average Bonchev–Trinajstić information content (AvgIpc) is 3.00. The number of carboxylic acids is 1. The molecule has 0 bridgehead atoms. The number of carbonyl (C=O) groups is 2. The van der Waals surface area contributed by atoms with Gasteiger partial charge in [-0.2, -0.15) is 0 Å². The molecular weight excluding hydrogens is 308 g/mol. The maximum absolute atomic E-state index is 12.2. The second-order valence-corrected chi connectivity index (χ2v) is 6.13. The number of likely N-dealkylation sites (tertiary alicyclic amines) is 1. The summed E-state index contributed by atoms with van der Waals surface area (Å²) in [5, 5.41) is 11.9. The molecule has 1 aromatic heterocycles. The van der Waals surface area contributed by atoms with E-state index in [1.807, 2.05) is 30.3 Å². The van der Waals surface area contributed by atoms with Gasteiger partial charge in [-0.15, -0.1) is 0 Å². The Labute approximate surface area is 139 Å². The van der Waals surface area contributed by atoms with E-state index in [9.17, 15) is 14.7 Å². The maximum atomic E-state index is 12.2. The third-order valence-corrected chi connectivity index (χ3v) is 4.21. The smallest absolute Gasteiger partial charge is 0.321 e. The number of rotatable bonds is 3. The van der Waals surface area contributed by atoms with Crippen molar-refractivity contribution < 1.29 is 14.7 Å². The molecule has 3 rings (SSSR count). The molecule has 2 aromatic rings. The van der Waals surface area contributed by atoms with Crippen LogP contribution in [0.3, 0.4) is 0 Å². The van der Waals surface area contributed by atoms with Gasteiger partial charge in [-0.25, -0.2) is 14.8 Å². The second kappa shape index (κ2) is 6.27. The van der Waals surface area contributed by atoms with E-state index >= 15 is 0 Å². The molecule has 7 heteroatoms. The number of hydrogen-bond acceptors (Lipinski definition) is 4. The van der Waals surface area contributed by atoms with Crippen LogP contribution in [0.2, 0.25) is 0 Å². The standard InChI is InChI=1S/C17H18N4O3/c1-17(15(22)23)7-8-21(11-17)16(24)20-13-9-18-14(19-10-13)12-5-3-2-4-6-12/h2-6,9-10H,7-8,11H2,1H3,(H,20,24)(H,22,23). The molecule has 7 nitrogen and oxygen atoms in total. The molecule has 0 saturated carbocycles. The van der Waals surface area contributed by atoms with Gasteiger partial charge in [-0.1, -0.05) is 30.3 Å². The molecule has 2 N–H and O–H groups in total. The van der Waals surface area contributed by atoms with Crippen LogP contribution in [0.4, 0.5) is 10.5 Å². The summed E-state index contributed by atoms with van der Waals surface area (Å²) in [7, 11) is 0. The molecule has 24 heavy (non-hydrogen) atoms. The average molecular weight is 326 g/mol. The van der Waals surface area contributed by atoms with E-state index in [0.29, 0.717) is 24.5 Å². The predicted octanol–water partition coefficient (Wildman–Crippen LogP) is 2.47. The fourth-order valence-corrected chi connectivity index (χ4v) is 2.64. The molecule has 2 amide bonds. The fraction of sp³-hybridized carbons (Fsp3) is 0.294. The lowest BCUT2D eigenvalue weighted by atomic mass is 9.90. The first-order chi connectivity index (χ1) is 11.5. The summed E-state index contributed by atoms with van der Waals surface area (Å²) >= 11 is 0. The lowest BCUT2D eigenvalue weighted by Crippen LogP contribution is -2.37. The number of aromatic nitrogens is 2. The van der Waals surface area contributed by atoms with Gasteiger partial charge in [0, 0.05) is 18.7 Å². The lowest BCUT2D eigenvalue weighted by Gasteiger charge is -2.20. The van der Waals surface area contributed by atoms with Crippen molar-refractivity contribution in [2.75, 3.05) is 18.4 Å². The summed E-state index contributed by atoms with van der Waals surface area (Å²) in [6.07, 6.45) is 3.53. The van der Waals surface area contributed by atoms with E-state index in [1.54, 1.807) is 19.3 Å². The number of carbonyl (C=O) groups excluding carboxylic acids is 1. The minimum absolute atomic E-state index is 0.192. The van der Waals surface area contributed by atoms with Crippen LogP contribution in [0.5, 0.6) is 0 Å². The van der Waals surface area contributed by atoms with Crippen molar-refractivity contribution >= 4 is 17.7 Å². The van der Waals surface area contributed by atoms with E-state index in [4.69, 9.17) is 0 Å². The highest BCUT2D eigenvalue weighted by molar-refractivity contribution is 5.90. The van der Waals surface area contributed by atoms with Crippen molar-refractivity contribution in [1.82, 2.24) is 14.9 Å². The van der Waals surface area contributed by atoms with Gasteiger partial charge < -0.3 is 15.3 Å². The van der Waals surface area contributed by atoms with Crippen LogP contribution < -0.4 is 5.32 Å². The minimum Gasteiger partial charge on any atom is -0.481 e. The molecule has 1 aliphatic rings. The van der Waals surface area contributed by atoms with Gasteiger partial charge in [0.2, 0.25) is 0 Å². The Morgan fingerprint density at radius 2 is 1.88 bits per heavy atom. The molecule has 0 radical (unpaired) electrons. The molecule has 2 heterocycles. The van der Waals surface area contributed by atoms with Crippen LogP contribution in [0.1, 0.15) is 13.3 Å². The third kappa shape index (κ3) is 3.19. The van der Waals surface area contributed by atoms with Crippen LogP contribution in [0.25, 0.3) is 11.4 Å². The van der Waals surface area contributed by atoms with Gasteiger partial charge in [0.1, 0.15) is 0 Å². The number of carboxylic acid groups (broad SMARTS) is 1. The molecule has 1 fully saturated rings. The van der Waals surface area contributed by atoms with E-state index in [1.165, 1.54) is 4.90 Å². The van der Waals surface area contributed by atoms with Crippen LogP contribution in [0, 0.1) is 5.41 Å². The largest absolute Gasteiger partial charge is 0.481 e. The lowest BCUT2D eigenvalue weighted by molar-refractivity contribution is -0.146. The first-order valence-electron chi connectivity index (χ1n) is 7.65. The summed E-state index contributed by atoms with van der Waals surface area (Å²) in [4.78, 5) is 33.5. The Balaban J connectivity index is 1.64. The number of benzene rings is 1. The van der Waals surface area contributed by atoms with Gasteiger partial charge in [0.25, 0.3) is 0 Å². The number of hydrogen-bond donors (Lipinski definition) is 2. The van der Waals surface area contributed by atoms with E-state index in [2.05, 4.69) is 15.3 Å².